The van der Waals surface area contributed by atoms with Gasteiger partial charge in [-0.1, -0.05) is 103 Å². The molecule has 0 radical (unpaired) electrons. The van der Waals surface area contributed by atoms with Crippen molar-refractivity contribution in [1.82, 2.24) is 0 Å². The van der Waals surface area contributed by atoms with Crippen LogP contribution < -0.4 is 9.64 Å². The monoisotopic (exact) mass is 529 g/mol. The van der Waals surface area contributed by atoms with Crippen LogP contribution in [0.4, 0.5) is 17.1 Å². The number of fused-ring (bicyclic) bond motifs is 11. The van der Waals surface area contributed by atoms with Gasteiger partial charge in [-0.3, -0.25) is 0 Å². The molecule has 0 atom stereocenters. The van der Waals surface area contributed by atoms with Crippen LogP contribution in [0.1, 0.15) is 22.3 Å². The van der Waals surface area contributed by atoms with E-state index in [1.165, 1.54) is 59.5 Å². The van der Waals surface area contributed by atoms with Crippen LogP contribution in [-0.4, -0.2) is 0 Å². The highest BCUT2D eigenvalue weighted by atomic mass is 32.1. The van der Waals surface area contributed by atoms with Crippen molar-refractivity contribution in [2.75, 3.05) is 4.90 Å². The molecular formula is C37H23NOS. The highest BCUT2D eigenvalue weighted by molar-refractivity contribution is 7.26. The Labute approximate surface area is 236 Å². The minimum absolute atomic E-state index is 0.511. The first-order valence-corrected chi connectivity index (χ1v) is 14.4. The van der Waals surface area contributed by atoms with Gasteiger partial charge in [-0.2, -0.15) is 0 Å². The van der Waals surface area contributed by atoms with Gasteiger partial charge in [0.1, 0.15) is 11.5 Å². The molecular weight excluding hydrogens is 506 g/mol. The fraction of sp³-hybridized carbons (Fsp3) is 0.0270. The normalized spacial score (nSPS) is 14.3. The molecule has 0 fully saturated rings. The highest BCUT2D eigenvalue weighted by Gasteiger charge is 2.51. The maximum atomic E-state index is 6.53. The third-order valence-electron chi connectivity index (χ3n) is 8.52. The van der Waals surface area contributed by atoms with Crippen molar-refractivity contribution < 1.29 is 4.74 Å². The molecule has 2 aliphatic rings. The molecule has 0 saturated heterocycles. The number of benzene rings is 6. The summed E-state index contributed by atoms with van der Waals surface area (Å²) in [5.74, 6) is 1.82. The number of anilines is 3. The van der Waals surface area contributed by atoms with E-state index in [1.807, 2.05) is 11.3 Å². The van der Waals surface area contributed by atoms with Crippen molar-refractivity contribution in [2.45, 2.75) is 5.41 Å². The van der Waals surface area contributed by atoms with Gasteiger partial charge >= 0.3 is 0 Å². The van der Waals surface area contributed by atoms with Crippen LogP contribution in [0.25, 0.3) is 20.2 Å². The molecule has 0 N–H and O–H groups in total. The lowest BCUT2D eigenvalue weighted by molar-refractivity contribution is 0.434. The Morgan fingerprint density at radius 3 is 1.62 bits per heavy atom. The Morgan fingerprint density at radius 2 is 0.950 bits per heavy atom. The molecule has 0 unspecified atom stereocenters. The second-order valence-corrected chi connectivity index (χ2v) is 11.5. The van der Waals surface area contributed by atoms with Gasteiger partial charge in [-0.05, 0) is 47.5 Å². The van der Waals surface area contributed by atoms with Gasteiger partial charge in [0.05, 0.1) is 27.2 Å². The van der Waals surface area contributed by atoms with Crippen molar-refractivity contribution in [3.05, 3.63) is 162 Å². The van der Waals surface area contributed by atoms with Crippen LogP contribution in [0.3, 0.4) is 0 Å². The minimum atomic E-state index is -0.511. The highest BCUT2D eigenvalue weighted by Crippen LogP contribution is 2.63. The van der Waals surface area contributed by atoms with Crippen LogP contribution in [-0.2, 0) is 5.41 Å². The molecule has 0 bridgehead atoms. The Hall–Kier alpha value is -4.86. The molecule has 40 heavy (non-hydrogen) atoms. The number of hydrogen-bond donors (Lipinski definition) is 0. The van der Waals surface area contributed by atoms with Gasteiger partial charge in [0.2, 0.25) is 0 Å². The average Bonchev–Trinajstić information content (AvgIpc) is 3.40. The number of hydrogen-bond acceptors (Lipinski definition) is 3. The zero-order chi connectivity index (χ0) is 26.3. The maximum absolute atomic E-state index is 6.53. The van der Waals surface area contributed by atoms with E-state index >= 15 is 0 Å². The zero-order valence-corrected chi connectivity index (χ0v) is 22.4. The molecule has 7 aromatic rings. The first kappa shape index (κ1) is 22.0. The summed E-state index contributed by atoms with van der Waals surface area (Å²) >= 11 is 1.87. The van der Waals surface area contributed by atoms with Gasteiger partial charge in [0.25, 0.3) is 0 Å². The molecule has 3 heterocycles. The summed E-state index contributed by atoms with van der Waals surface area (Å²) in [5, 5.41) is 2.61. The fourth-order valence-corrected chi connectivity index (χ4v) is 8.20. The molecule has 188 valence electrons. The summed E-state index contributed by atoms with van der Waals surface area (Å²) in [6, 6.07) is 50.4. The fourth-order valence-electron chi connectivity index (χ4n) is 6.99. The summed E-state index contributed by atoms with van der Waals surface area (Å²) in [6.07, 6.45) is 0. The number of nitrogens with zero attached hydrogens (tertiary/aromatic N) is 1. The molecule has 1 spiro atoms. The predicted molar refractivity (Wildman–Crippen MR) is 166 cm³/mol. The van der Waals surface area contributed by atoms with Crippen LogP contribution in [0.2, 0.25) is 0 Å². The van der Waals surface area contributed by atoms with Crippen LogP contribution >= 0.6 is 11.3 Å². The molecule has 9 rings (SSSR count). The lowest BCUT2D eigenvalue weighted by atomic mass is 9.61. The Balaban J connectivity index is 1.43. The number of thiophene rings is 1. The van der Waals surface area contributed by atoms with E-state index in [-0.39, 0.29) is 0 Å². The lowest BCUT2D eigenvalue weighted by Crippen LogP contribution is -2.39. The molecule has 2 nitrogen and oxygen atoms in total. The predicted octanol–water partition coefficient (Wildman–Crippen LogP) is 10.3. The average molecular weight is 530 g/mol. The second kappa shape index (κ2) is 8.08. The third-order valence-corrected chi connectivity index (χ3v) is 9.73. The molecule has 6 aromatic carbocycles. The van der Waals surface area contributed by atoms with Gasteiger partial charge in [0.15, 0.2) is 0 Å². The van der Waals surface area contributed by atoms with Crippen molar-refractivity contribution in [3.8, 4) is 11.5 Å². The zero-order valence-electron chi connectivity index (χ0n) is 21.5. The van der Waals surface area contributed by atoms with E-state index in [0.29, 0.717) is 0 Å². The minimum Gasteiger partial charge on any atom is -0.457 e. The number of ether oxygens (including phenoxy) is 1. The molecule has 3 heteroatoms. The van der Waals surface area contributed by atoms with Gasteiger partial charge in [-0.15, -0.1) is 11.3 Å². The summed E-state index contributed by atoms with van der Waals surface area (Å²) < 4.78 is 9.14. The van der Waals surface area contributed by atoms with Gasteiger partial charge in [0, 0.05) is 26.6 Å². The summed E-state index contributed by atoms with van der Waals surface area (Å²) in [5.41, 5.74) is 7.95. The van der Waals surface area contributed by atoms with Crippen LogP contribution in [0, 0.1) is 0 Å². The number of rotatable bonds is 1. The molecule has 1 aromatic heterocycles. The first-order valence-electron chi connectivity index (χ1n) is 13.6. The SMILES string of the molecule is c1ccc2c(c1)Oc1ccccc1C21c2ccccc2N(c2cccc3c2sc2ccccc23)c2ccccc21. The van der Waals surface area contributed by atoms with Gasteiger partial charge in [-0.25, -0.2) is 0 Å². The quantitative estimate of drug-likeness (QED) is 0.210. The molecule has 0 aliphatic carbocycles. The van der Waals surface area contributed by atoms with Crippen molar-refractivity contribution >= 4 is 48.6 Å². The van der Waals surface area contributed by atoms with Crippen molar-refractivity contribution in [1.29, 1.82) is 0 Å². The molecule has 0 saturated carbocycles. The van der Waals surface area contributed by atoms with E-state index in [9.17, 15) is 0 Å². The second-order valence-electron chi connectivity index (χ2n) is 10.5. The van der Waals surface area contributed by atoms with Crippen molar-refractivity contribution in [2.24, 2.45) is 0 Å². The Morgan fingerprint density at radius 1 is 0.450 bits per heavy atom. The van der Waals surface area contributed by atoms with E-state index in [2.05, 4.69) is 144 Å². The van der Waals surface area contributed by atoms with E-state index in [4.69, 9.17) is 4.74 Å². The third kappa shape index (κ3) is 2.72. The first-order chi connectivity index (χ1) is 19.9. The Bertz CT molecular complexity index is 2030. The number of para-hydroxylation sites is 4. The molecule has 2 aliphatic heterocycles. The van der Waals surface area contributed by atoms with E-state index in [0.717, 1.165) is 11.5 Å². The largest absolute Gasteiger partial charge is 0.457 e. The summed E-state index contributed by atoms with van der Waals surface area (Å²) in [7, 11) is 0. The van der Waals surface area contributed by atoms with Gasteiger partial charge < -0.3 is 9.64 Å². The summed E-state index contributed by atoms with van der Waals surface area (Å²) in [6.45, 7) is 0. The molecule has 0 amide bonds. The maximum Gasteiger partial charge on any atom is 0.132 e. The standard InChI is InChI=1S/C37H23NOS/c1-10-23-35-24(12-1)25-13-11-20-32(36(25)40-35)38-30-18-6-2-14-26(30)37(27-15-3-7-19-31(27)38)28-16-4-8-21-33(28)39-34-22-9-5-17-29(34)37/h1-23H. The topological polar surface area (TPSA) is 12.5 Å². The van der Waals surface area contributed by atoms with E-state index < -0.39 is 5.41 Å². The smallest absolute Gasteiger partial charge is 0.132 e. The Kier molecular flexibility index (Phi) is 4.44. The van der Waals surface area contributed by atoms with Crippen molar-refractivity contribution in [3.63, 3.8) is 0 Å². The lowest BCUT2D eigenvalue weighted by Gasteiger charge is -2.48. The van der Waals surface area contributed by atoms with E-state index in [1.54, 1.807) is 0 Å². The summed E-state index contributed by atoms with van der Waals surface area (Å²) in [4.78, 5) is 2.48. The van der Waals surface area contributed by atoms with Crippen LogP contribution in [0.15, 0.2) is 140 Å². The van der Waals surface area contributed by atoms with Crippen LogP contribution in [0.5, 0.6) is 11.5 Å².